The molecule has 2 unspecified atom stereocenters. The summed E-state index contributed by atoms with van der Waals surface area (Å²) in [5.74, 6) is 4.36. The van der Waals surface area contributed by atoms with Gasteiger partial charge >= 0.3 is 11.8 Å². The van der Waals surface area contributed by atoms with Gasteiger partial charge < -0.3 is 15.2 Å². The summed E-state index contributed by atoms with van der Waals surface area (Å²) in [6.07, 6.45) is 3.53. The molecule has 0 bridgehead atoms. The van der Waals surface area contributed by atoms with E-state index in [0.717, 1.165) is 0 Å². The Labute approximate surface area is 132 Å². The van der Waals surface area contributed by atoms with Crippen molar-refractivity contribution in [1.29, 1.82) is 0 Å². The van der Waals surface area contributed by atoms with Gasteiger partial charge in [0.1, 0.15) is 11.2 Å². The fraction of sp³-hybridized carbons (Fsp3) is 0.286. The molecule has 0 aliphatic carbocycles. The van der Waals surface area contributed by atoms with E-state index in [4.69, 9.17) is 26.8 Å². The molecule has 2 amide bonds. The Morgan fingerprint density at radius 1 is 1.68 bits per heavy atom. The minimum atomic E-state index is -1.29. The topological polar surface area (TPSA) is 97.9 Å². The first-order valence-corrected chi connectivity index (χ1v) is 6.74. The molecule has 7 nitrogen and oxygen atoms in total. The van der Waals surface area contributed by atoms with Gasteiger partial charge in [-0.2, -0.15) is 5.06 Å². The van der Waals surface area contributed by atoms with E-state index < -0.39 is 17.9 Å². The largest absolute Gasteiger partial charge is 0.450 e. The number of aromatic nitrogens is 1. The number of nitrogens with zero attached hydrogens (tertiary/aromatic N) is 2. The molecule has 1 aromatic heterocycles. The molecule has 0 fully saturated rings. The van der Waals surface area contributed by atoms with Crippen molar-refractivity contribution in [2.45, 2.75) is 25.2 Å². The maximum Gasteiger partial charge on any atom is 0.339 e. The van der Waals surface area contributed by atoms with Crippen molar-refractivity contribution >= 4 is 17.6 Å². The molecule has 1 aliphatic heterocycles. The molecule has 22 heavy (non-hydrogen) atoms. The second-order valence-electron chi connectivity index (χ2n) is 4.48. The van der Waals surface area contributed by atoms with Gasteiger partial charge in [0.15, 0.2) is 0 Å². The summed E-state index contributed by atoms with van der Waals surface area (Å²) in [6, 6.07) is 3.08. The van der Waals surface area contributed by atoms with Crippen molar-refractivity contribution in [1.82, 2.24) is 10.0 Å². The van der Waals surface area contributed by atoms with Crippen LogP contribution in [0.5, 0.6) is 5.88 Å². The second-order valence-corrected chi connectivity index (χ2v) is 4.86. The van der Waals surface area contributed by atoms with Gasteiger partial charge in [0.05, 0.1) is 12.7 Å². The average molecular weight is 324 g/mol. The van der Waals surface area contributed by atoms with E-state index in [1.807, 2.05) is 0 Å². The summed E-state index contributed by atoms with van der Waals surface area (Å²) >= 11 is 5.80. The number of carbonyl (C=O) groups excluding carboxylic acids is 1. The number of halogens is 1. The van der Waals surface area contributed by atoms with Crippen LogP contribution < -0.4 is 10.5 Å². The van der Waals surface area contributed by atoms with E-state index in [0.29, 0.717) is 11.5 Å². The summed E-state index contributed by atoms with van der Waals surface area (Å²) in [5.41, 5.74) is 4.96. The Bertz CT molecular complexity index is 645. The number of hydrogen-bond acceptors (Lipinski definition) is 5. The summed E-state index contributed by atoms with van der Waals surface area (Å²) < 4.78 is 11.1. The van der Waals surface area contributed by atoms with Crippen molar-refractivity contribution < 1.29 is 19.5 Å². The third kappa shape index (κ3) is 3.81. The average Bonchev–Trinajstić information content (AvgIpc) is 2.92. The van der Waals surface area contributed by atoms with Crippen LogP contribution in [0.25, 0.3) is 0 Å². The van der Waals surface area contributed by atoms with Crippen LogP contribution in [0.1, 0.15) is 13.3 Å². The summed E-state index contributed by atoms with van der Waals surface area (Å²) in [7, 11) is 0. The Kier molecular flexibility index (Phi) is 4.75. The van der Waals surface area contributed by atoms with Crippen LogP contribution in [0, 0.1) is 11.8 Å². The lowest BCUT2D eigenvalue weighted by Gasteiger charge is -2.23. The highest BCUT2D eigenvalue weighted by atomic mass is 35.5. The zero-order valence-corrected chi connectivity index (χ0v) is 12.4. The number of hydroxylamine groups is 2. The van der Waals surface area contributed by atoms with E-state index in [2.05, 4.69) is 16.8 Å². The minimum Gasteiger partial charge on any atom is -0.450 e. The highest BCUT2D eigenvalue weighted by molar-refractivity contribution is 6.29. The van der Waals surface area contributed by atoms with Crippen molar-refractivity contribution in [3.8, 4) is 17.7 Å². The smallest absolute Gasteiger partial charge is 0.339 e. The molecule has 0 aromatic carbocycles. The van der Waals surface area contributed by atoms with E-state index in [9.17, 15) is 10.0 Å². The molecule has 0 radical (unpaired) electrons. The normalized spacial score (nSPS) is 20.5. The fourth-order valence-electron chi connectivity index (χ4n) is 1.66. The minimum absolute atomic E-state index is 0.244. The highest BCUT2D eigenvalue weighted by Gasteiger charge is 2.34. The third-order valence-corrected chi connectivity index (χ3v) is 2.97. The van der Waals surface area contributed by atoms with E-state index in [1.54, 1.807) is 24.3 Å². The first-order chi connectivity index (χ1) is 10.4. The van der Waals surface area contributed by atoms with Crippen LogP contribution in [-0.4, -0.2) is 33.1 Å². The number of hydrogen-bond donors (Lipinski definition) is 2. The van der Waals surface area contributed by atoms with E-state index in [-0.39, 0.29) is 11.0 Å². The van der Waals surface area contributed by atoms with Gasteiger partial charge in [-0.05, 0) is 25.0 Å². The molecular formula is C14H14ClN3O4. The quantitative estimate of drug-likeness (QED) is 0.383. The molecule has 1 aliphatic rings. The molecule has 1 aromatic rings. The standard InChI is InChI=1S/C14H14ClN3O4/c1-10(18(20)13(16)19)6-8-14(7-3-9-21-14)22-12-5-2-4-11(15)17-12/h2-5,9-10,20H,7H2,1H3,(H2,16,19). The van der Waals surface area contributed by atoms with Crippen LogP contribution in [0.2, 0.25) is 5.15 Å². The number of amides is 2. The van der Waals surface area contributed by atoms with Gasteiger partial charge in [-0.3, -0.25) is 5.21 Å². The molecule has 2 heterocycles. The third-order valence-electron chi connectivity index (χ3n) is 2.76. The Morgan fingerprint density at radius 3 is 3.05 bits per heavy atom. The molecular weight excluding hydrogens is 310 g/mol. The number of primary amides is 1. The van der Waals surface area contributed by atoms with E-state index >= 15 is 0 Å². The maximum atomic E-state index is 10.9. The van der Waals surface area contributed by atoms with Crippen LogP contribution in [0.3, 0.4) is 0 Å². The van der Waals surface area contributed by atoms with Gasteiger partial charge in [-0.15, -0.1) is 0 Å². The zero-order chi connectivity index (χ0) is 16.2. The van der Waals surface area contributed by atoms with Crippen LogP contribution >= 0.6 is 11.6 Å². The fourth-order valence-corrected chi connectivity index (χ4v) is 1.82. The molecule has 116 valence electrons. The Hall–Kier alpha value is -2.43. The first-order valence-electron chi connectivity index (χ1n) is 6.36. The molecule has 0 saturated heterocycles. The van der Waals surface area contributed by atoms with Crippen molar-refractivity contribution in [2.24, 2.45) is 5.73 Å². The summed E-state index contributed by atoms with van der Waals surface area (Å²) in [4.78, 5) is 14.9. The molecule has 0 saturated carbocycles. The van der Waals surface area contributed by atoms with Gasteiger partial charge in [0, 0.05) is 6.07 Å². The molecule has 2 rings (SSSR count). The first kappa shape index (κ1) is 15.9. The molecule has 8 heteroatoms. The summed E-state index contributed by atoms with van der Waals surface area (Å²) in [5, 5.41) is 10.0. The predicted octanol–water partition coefficient (Wildman–Crippen LogP) is 1.91. The van der Waals surface area contributed by atoms with Gasteiger partial charge in [0.2, 0.25) is 5.88 Å². The van der Waals surface area contributed by atoms with Crippen molar-refractivity contribution in [3.05, 3.63) is 35.7 Å². The van der Waals surface area contributed by atoms with Gasteiger partial charge in [0.25, 0.3) is 0 Å². The number of carbonyl (C=O) groups is 1. The zero-order valence-electron chi connectivity index (χ0n) is 11.7. The van der Waals surface area contributed by atoms with E-state index in [1.165, 1.54) is 13.2 Å². The number of pyridine rings is 1. The number of ether oxygens (including phenoxy) is 2. The Morgan fingerprint density at radius 2 is 2.45 bits per heavy atom. The van der Waals surface area contributed by atoms with Gasteiger partial charge in [-0.1, -0.05) is 23.6 Å². The monoisotopic (exact) mass is 323 g/mol. The molecule has 3 N–H and O–H groups in total. The molecule has 0 spiro atoms. The number of nitrogens with two attached hydrogens (primary N) is 1. The highest BCUT2D eigenvalue weighted by Crippen LogP contribution is 2.27. The lowest BCUT2D eigenvalue weighted by molar-refractivity contribution is -0.0808. The van der Waals surface area contributed by atoms with Crippen molar-refractivity contribution in [3.63, 3.8) is 0 Å². The lowest BCUT2D eigenvalue weighted by atomic mass is 10.2. The Balaban J connectivity index is 2.18. The van der Waals surface area contributed by atoms with Gasteiger partial charge in [-0.25, -0.2) is 9.78 Å². The maximum absolute atomic E-state index is 10.9. The summed E-state index contributed by atoms with van der Waals surface area (Å²) in [6.45, 7) is 1.51. The van der Waals surface area contributed by atoms with Crippen LogP contribution in [-0.2, 0) is 4.74 Å². The predicted molar refractivity (Wildman–Crippen MR) is 77.9 cm³/mol. The SMILES string of the molecule is CC(C#CC1(Oc2cccc(Cl)n2)CC=CO1)N(O)C(N)=O. The van der Waals surface area contributed by atoms with Crippen LogP contribution in [0.15, 0.2) is 30.5 Å². The van der Waals surface area contributed by atoms with Crippen molar-refractivity contribution in [2.75, 3.05) is 0 Å². The molecule has 2 atom stereocenters. The lowest BCUT2D eigenvalue weighted by Crippen LogP contribution is -2.39. The van der Waals surface area contributed by atoms with Crippen LogP contribution in [0.4, 0.5) is 4.79 Å². The second kappa shape index (κ2) is 6.56. The number of urea groups is 1. The number of rotatable bonds is 3.